The fourth-order valence-electron chi connectivity index (χ4n) is 4.55. The number of tetrazole rings is 1. The molecule has 174 valence electrons. The van der Waals surface area contributed by atoms with Crippen LogP contribution in [0.5, 0.6) is 0 Å². The molecule has 0 bridgehead atoms. The zero-order valence-electron chi connectivity index (χ0n) is 18.3. The van der Waals surface area contributed by atoms with Crippen LogP contribution in [0.15, 0.2) is 35.9 Å². The third-order valence-electron chi connectivity index (χ3n) is 6.57. The molecule has 0 aliphatic carbocycles. The number of hydrogen-bond donors (Lipinski definition) is 1. The molecule has 2 fully saturated rings. The van der Waals surface area contributed by atoms with Gasteiger partial charge in [-0.1, -0.05) is 6.07 Å². The molecule has 33 heavy (non-hydrogen) atoms. The molecule has 1 N–H and O–H groups in total. The minimum Gasteiger partial charge on any atom is -0.456 e. The second kappa shape index (κ2) is 8.61. The summed E-state index contributed by atoms with van der Waals surface area (Å²) in [5.74, 6) is 0.0831. The van der Waals surface area contributed by atoms with Gasteiger partial charge in [-0.15, -0.1) is 5.10 Å². The summed E-state index contributed by atoms with van der Waals surface area (Å²) >= 11 is 0. The summed E-state index contributed by atoms with van der Waals surface area (Å²) in [5, 5.41) is 21.7. The number of nitrogens with zero attached hydrogens (tertiary/aromatic N) is 7. The number of rotatable bonds is 5. The van der Waals surface area contributed by atoms with E-state index in [1.54, 1.807) is 30.2 Å². The van der Waals surface area contributed by atoms with Gasteiger partial charge in [-0.2, -0.15) is 4.68 Å². The van der Waals surface area contributed by atoms with Gasteiger partial charge in [-0.05, 0) is 36.3 Å². The van der Waals surface area contributed by atoms with Gasteiger partial charge in [0.2, 0.25) is 0 Å². The van der Waals surface area contributed by atoms with Crippen molar-refractivity contribution in [2.75, 3.05) is 39.4 Å². The van der Waals surface area contributed by atoms with E-state index in [1.165, 1.54) is 11.0 Å². The first-order chi connectivity index (χ1) is 16.0. The number of carbonyl (C=O) groups is 2. The molecule has 12 heteroatoms. The molecule has 5 heterocycles. The molecule has 0 aromatic carbocycles. The van der Waals surface area contributed by atoms with E-state index in [0.717, 1.165) is 0 Å². The van der Waals surface area contributed by atoms with E-state index in [1.807, 2.05) is 0 Å². The van der Waals surface area contributed by atoms with E-state index in [-0.39, 0.29) is 18.5 Å². The number of cyclic esters (lactones) is 1. The van der Waals surface area contributed by atoms with Crippen molar-refractivity contribution >= 4 is 11.9 Å². The summed E-state index contributed by atoms with van der Waals surface area (Å²) in [5.41, 5.74) is 0.925. The van der Waals surface area contributed by atoms with Crippen LogP contribution in [-0.2, 0) is 19.1 Å². The Balaban J connectivity index is 1.20. The number of β-amino-alcohol motifs (C(OH)–C–C–N with tert-alkyl or cyclic N) is 1. The number of pyridine rings is 1. The smallest absolute Gasteiger partial charge is 0.336 e. The van der Waals surface area contributed by atoms with Crippen LogP contribution in [0.3, 0.4) is 0 Å². The van der Waals surface area contributed by atoms with Crippen LogP contribution >= 0.6 is 0 Å². The van der Waals surface area contributed by atoms with Crippen molar-refractivity contribution < 1.29 is 24.2 Å². The summed E-state index contributed by atoms with van der Waals surface area (Å²) in [6.07, 6.45) is 3.38. The fraction of sp³-hybridized carbons (Fsp3) is 0.524. The van der Waals surface area contributed by atoms with Gasteiger partial charge in [0.25, 0.3) is 5.91 Å². The molecule has 1 amide bonds. The van der Waals surface area contributed by atoms with Crippen molar-refractivity contribution in [1.82, 2.24) is 35.0 Å². The highest BCUT2D eigenvalue weighted by atomic mass is 16.5. The molecule has 0 radical (unpaired) electrons. The molecule has 2 aromatic rings. The van der Waals surface area contributed by atoms with Crippen molar-refractivity contribution in [3.63, 3.8) is 0 Å². The second-order valence-electron chi connectivity index (χ2n) is 8.47. The SMILES string of the molecule is CC1=C(N2CCOC3(CCN(C[C@@H](O)c4ccc(-n5cnnn5)nc4)CC3)C2=O)COC1=O. The van der Waals surface area contributed by atoms with Gasteiger partial charge in [0.1, 0.15) is 18.5 Å². The number of ether oxygens (including phenoxy) is 2. The maximum Gasteiger partial charge on any atom is 0.336 e. The Hall–Kier alpha value is -3.22. The van der Waals surface area contributed by atoms with Crippen LogP contribution in [0.4, 0.5) is 0 Å². The predicted octanol–water partition coefficient (Wildman–Crippen LogP) is -0.385. The molecule has 12 nitrogen and oxygen atoms in total. The first kappa shape index (κ1) is 21.6. The summed E-state index contributed by atoms with van der Waals surface area (Å²) in [7, 11) is 0. The van der Waals surface area contributed by atoms with Crippen LogP contribution in [0.2, 0.25) is 0 Å². The van der Waals surface area contributed by atoms with E-state index in [9.17, 15) is 14.7 Å². The number of aliphatic hydroxyl groups excluding tert-OH is 1. The number of morpholine rings is 1. The maximum absolute atomic E-state index is 13.3. The third kappa shape index (κ3) is 4.01. The first-order valence-corrected chi connectivity index (χ1v) is 10.9. The van der Waals surface area contributed by atoms with Gasteiger partial charge in [-0.25, -0.2) is 9.78 Å². The number of carbonyl (C=O) groups excluding carboxylic acids is 2. The normalized spacial score (nSPS) is 22.2. The van der Waals surface area contributed by atoms with Crippen LogP contribution in [-0.4, -0.2) is 97.0 Å². The van der Waals surface area contributed by atoms with Gasteiger partial charge in [0, 0.05) is 37.9 Å². The van der Waals surface area contributed by atoms with Crippen LogP contribution in [0.1, 0.15) is 31.4 Å². The summed E-state index contributed by atoms with van der Waals surface area (Å²) in [6, 6.07) is 3.55. The maximum atomic E-state index is 13.3. The number of hydrogen-bond acceptors (Lipinski definition) is 10. The highest BCUT2D eigenvalue weighted by molar-refractivity contribution is 5.94. The second-order valence-corrected chi connectivity index (χ2v) is 8.47. The monoisotopic (exact) mass is 455 g/mol. The summed E-state index contributed by atoms with van der Waals surface area (Å²) in [4.78, 5) is 33.2. The zero-order valence-corrected chi connectivity index (χ0v) is 18.3. The van der Waals surface area contributed by atoms with Crippen molar-refractivity contribution in [2.45, 2.75) is 31.5 Å². The summed E-state index contributed by atoms with van der Waals surface area (Å²) < 4.78 is 12.5. The van der Waals surface area contributed by atoms with Gasteiger partial charge in [0.05, 0.1) is 24.0 Å². The van der Waals surface area contributed by atoms with Crippen LogP contribution < -0.4 is 0 Å². The topological polar surface area (TPSA) is 136 Å². The van der Waals surface area contributed by atoms with E-state index < -0.39 is 11.7 Å². The Morgan fingerprint density at radius 1 is 1.21 bits per heavy atom. The number of amides is 1. The largest absolute Gasteiger partial charge is 0.456 e. The third-order valence-corrected chi connectivity index (χ3v) is 6.57. The fourth-order valence-corrected chi connectivity index (χ4v) is 4.55. The lowest BCUT2D eigenvalue weighted by Crippen LogP contribution is -2.60. The minimum absolute atomic E-state index is 0.107. The van der Waals surface area contributed by atoms with E-state index in [2.05, 4.69) is 25.4 Å². The molecule has 1 spiro atoms. The van der Waals surface area contributed by atoms with E-state index >= 15 is 0 Å². The summed E-state index contributed by atoms with van der Waals surface area (Å²) in [6.45, 7) is 4.30. The lowest BCUT2D eigenvalue weighted by atomic mass is 9.87. The Morgan fingerprint density at radius 2 is 2.03 bits per heavy atom. The van der Waals surface area contributed by atoms with E-state index in [4.69, 9.17) is 9.47 Å². The Kier molecular flexibility index (Phi) is 5.64. The molecule has 3 aliphatic rings. The first-order valence-electron chi connectivity index (χ1n) is 10.9. The molecule has 5 rings (SSSR count). The van der Waals surface area contributed by atoms with E-state index in [0.29, 0.717) is 68.3 Å². The molecule has 2 aromatic heterocycles. The quantitative estimate of drug-likeness (QED) is 0.594. The lowest BCUT2D eigenvalue weighted by Gasteiger charge is -2.46. The molecular formula is C21H25N7O5. The number of esters is 1. The van der Waals surface area contributed by atoms with Gasteiger partial charge < -0.3 is 24.4 Å². The average Bonchev–Trinajstić information content (AvgIpc) is 3.48. The van der Waals surface area contributed by atoms with Crippen molar-refractivity contribution in [3.05, 3.63) is 41.5 Å². The van der Waals surface area contributed by atoms with Crippen molar-refractivity contribution in [1.29, 1.82) is 0 Å². The number of aromatic nitrogens is 5. The number of piperidine rings is 1. The molecular weight excluding hydrogens is 430 g/mol. The van der Waals surface area contributed by atoms with Crippen LogP contribution in [0.25, 0.3) is 5.82 Å². The molecule has 3 aliphatic heterocycles. The highest BCUT2D eigenvalue weighted by Gasteiger charge is 2.49. The lowest BCUT2D eigenvalue weighted by molar-refractivity contribution is -0.177. The molecule has 0 saturated carbocycles. The molecule has 1 atom stereocenters. The number of aliphatic hydroxyl groups is 1. The van der Waals surface area contributed by atoms with Crippen LogP contribution in [0, 0.1) is 0 Å². The average molecular weight is 455 g/mol. The molecule has 0 unspecified atom stereocenters. The minimum atomic E-state index is -0.895. The van der Waals surface area contributed by atoms with Gasteiger partial charge in [-0.3, -0.25) is 4.79 Å². The van der Waals surface area contributed by atoms with Crippen molar-refractivity contribution in [2.24, 2.45) is 0 Å². The van der Waals surface area contributed by atoms with Crippen molar-refractivity contribution in [3.8, 4) is 5.82 Å². The number of likely N-dealkylation sites (tertiary alicyclic amines) is 1. The standard InChI is InChI=1S/C21H25N7O5/c1-14-16(12-32-19(14)30)27-8-9-33-21(20(27)31)4-6-26(7-5-21)11-17(29)15-2-3-18(22-10-15)28-13-23-24-25-28/h2-3,10,13,17,29H,4-9,11-12H2,1H3/t17-/m1/s1. The Bertz CT molecular complexity index is 1060. The highest BCUT2D eigenvalue weighted by Crippen LogP contribution is 2.35. The Morgan fingerprint density at radius 3 is 2.67 bits per heavy atom. The Labute approximate surface area is 189 Å². The molecule has 2 saturated heterocycles. The van der Waals surface area contributed by atoms with Gasteiger partial charge >= 0.3 is 5.97 Å². The predicted molar refractivity (Wildman–Crippen MR) is 112 cm³/mol. The van der Waals surface area contributed by atoms with Gasteiger partial charge in [0.15, 0.2) is 5.82 Å². The zero-order chi connectivity index (χ0) is 23.0.